The van der Waals surface area contributed by atoms with Gasteiger partial charge in [0, 0.05) is 34.0 Å². The molecule has 2 aromatic heterocycles. The molecule has 6 heteroatoms. The third kappa shape index (κ3) is 3.94. The first-order valence-corrected chi connectivity index (χ1v) is 10.4. The largest absolute Gasteiger partial charge is 0.482 e. The molecule has 0 radical (unpaired) electrons. The molecule has 5 rings (SSSR count). The van der Waals surface area contributed by atoms with Crippen molar-refractivity contribution < 1.29 is 18.4 Å². The molecule has 0 N–H and O–H groups in total. The van der Waals surface area contributed by atoms with Gasteiger partial charge >= 0.3 is 11.3 Å². The van der Waals surface area contributed by atoms with Crippen molar-refractivity contribution in [2.75, 3.05) is 0 Å². The lowest BCUT2D eigenvalue weighted by Crippen LogP contribution is -2.23. The average Bonchev–Trinajstić information content (AvgIpc) is 2.83. The smallest absolute Gasteiger partial charge is 0.344 e. The highest BCUT2D eigenvalue weighted by Crippen LogP contribution is 2.30. The van der Waals surface area contributed by atoms with Crippen LogP contribution in [-0.4, -0.2) is 11.9 Å². The Balaban J connectivity index is 1.54. The van der Waals surface area contributed by atoms with Crippen molar-refractivity contribution in [3.8, 4) is 16.9 Å². The summed E-state index contributed by atoms with van der Waals surface area (Å²) in [6.07, 6.45) is -0.743. The second kappa shape index (κ2) is 8.24. The van der Waals surface area contributed by atoms with E-state index in [-0.39, 0.29) is 16.9 Å². The van der Waals surface area contributed by atoms with Crippen LogP contribution in [0, 0.1) is 0 Å². The van der Waals surface area contributed by atoms with Crippen molar-refractivity contribution in [3.05, 3.63) is 111 Å². The Morgan fingerprint density at radius 1 is 0.788 bits per heavy atom. The molecule has 3 aromatic carbocycles. The summed E-state index contributed by atoms with van der Waals surface area (Å²) >= 11 is 0. The van der Waals surface area contributed by atoms with E-state index in [0.717, 1.165) is 5.39 Å². The van der Waals surface area contributed by atoms with E-state index in [1.807, 2.05) is 18.2 Å². The monoisotopic (exact) mass is 438 g/mol. The number of fused-ring (bicyclic) bond motifs is 2. The van der Waals surface area contributed by atoms with Crippen molar-refractivity contribution >= 4 is 27.7 Å². The lowest BCUT2D eigenvalue weighted by molar-refractivity contribution is 0.0818. The molecule has 162 valence electrons. The van der Waals surface area contributed by atoms with E-state index in [9.17, 15) is 14.4 Å². The van der Waals surface area contributed by atoms with Crippen LogP contribution in [0.2, 0.25) is 0 Å². The average molecular weight is 438 g/mol. The second-order valence-corrected chi connectivity index (χ2v) is 7.61. The van der Waals surface area contributed by atoms with Crippen molar-refractivity contribution in [1.29, 1.82) is 0 Å². The summed E-state index contributed by atoms with van der Waals surface area (Å²) in [6, 6.07) is 23.9. The number of hydrogen-bond donors (Lipinski definition) is 0. The Morgan fingerprint density at radius 2 is 1.55 bits per heavy atom. The summed E-state index contributed by atoms with van der Waals surface area (Å²) in [5.41, 5.74) is 0.739. The zero-order chi connectivity index (χ0) is 22.9. The van der Waals surface area contributed by atoms with Crippen molar-refractivity contribution in [1.82, 2.24) is 0 Å². The number of para-hydroxylation sites is 1. The number of carbonyl (C=O) groups excluding carboxylic acids is 1. The Labute approximate surface area is 187 Å². The van der Waals surface area contributed by atoms with Gasteiger partial charge in [0.1, 0.15) is 16.9 Å². The lowest BCUT2D eigenvalue weighted by Gasteiger charge is -2.14. The molecule has 5 aromatic rings. The van der Waals surface area contributed by atoms with Gasteiger partial charge in [-0.1, -0.05) is 48.5 Å². The number of rotatable bonds is 5. The van der Waals surface area contributed by atoms with Crippen LogP contribution in [0.4, 0.5) is 0 Å². The highest BCUT2D eigenvalue weighted by molar-refractivity contribution is 5.99. The van der Waals surface area contributed by atoms with Crippen LogP contribution in [0.5, 0.6) is 5.75 Å². The summed E-state index contributed by atoms with van der Waals surface area (Å²) in [6.45, 7) is 1.66. The predicted molar refractivity (Wildman–Crippen MR) is 125 cm³/mol. The van der Waals surface area contributed by atoms with Crippen molar-refractivity contribution in [3.63, 3.8) is 0 Å². The predicted octanol–water partition coefficient (Wildman–Crippen LogP) is 5.22. The van der Waals surface area contributed by atoms with Gasteiger partial charge in [0.2, 0.25) is 5.78 Å². The van der Waals surface area contributed by atoms with Gasteiger partial charge in [0.15, 0.2) is 6.10 Å². The van der Waals surface area contributed by atoms with Crippen LogP contribution >= 0.6 is 0 Å². The van der Waals surface area contributed by atoms with Gasteiger partial charge in [0.25, 0.3) is 0 Å². The van der Waals surface area contributed by atoms with Gasteiger partial charge in [-0.3, -0.25) is 4.79 Å². The fourth-order valence-corrected chi connectivity index (χ4v) is 3.78. The van der Waals surface area contributed by atoms with E-state index >= 15 is 0 Å². The van der Waals surface area contributed by atoms with Crippen LogP contribution in [0.15, 0.2) is 103 Å². The minimum absolute atomic E-state index is 0.167. The standard InChI is InChI=1S/C27H18O6/c1-16(26(29)17-7-3-2-4-8-17)31-19-11-12-20-21(15-25(28)32-24(20)14-19)22-13-18-9-5-6-10-23(18)33-27(22)30/h2-16H,1H3. The first-order chi connectivity index (χ1) is 16.0. The van der Waals surface area contributed by atoms with Gasteiger partial charge in [-0.2, -0.15) is 0 Å². The molecular formula is C27H18O6. The zero-order valence-electron chi connectivity index (χ0n) is 17.6. The normalized spacial score (nSPS) is 12.0. The summed E-state index contributed by atoms with van der Waals surface area (Å²) in [4.78, 5) is 37.5. The van der Waals surface area contributed by atoms with Gasteiger partial charge in [-0.15, -0.1) is 0 Å². The van der Waals surface area contributed by atoms with Crippen molar-refractivity contribution in [2.45, 2.75) is 13.0 Å². The SMILES string of the molecule is CC(Oc1ccc2c(-c3cc4ccccc4oc3=O)cc(=O)oc2c1)C(=O)c1ccccc1. The first kappa shape index (κ1) is 20.5. The second-order valence-electron chi connectivity index (χ2n) is 7.61. The Morgan fingerprint density at radius 3 is 2.36 bits per heavy atom. The molecular weight excluding hydrogens is 420 g/mol. The number of Topliss-reactive ketones (excluding diaryl/α,β-unsaturated/α-hetero) is 1. The fraction of sp³-hybridized carbons (Fsp3) is 0.0741. The number of carbonyl (C=O) groups is 1. The minimum atomic E-state index is -0.743. The Bertz CT molecular complexity index is 1610. The molecule has 0 fully saturated rings. The van der Waals surface area contributed by atoms with E-state index in [1.165, 1.54) is 12.1 Å². The van der Waals surface area contributed by atoms with Crippen LogP contribution in [-0.2, 0) is 0 Å². The number of hydrogen-bond acceptors (Lipinski definition) is 6. The maximum atomic E-state index is 12.6. The van der Waals surface area contributed by atoms with Crippen LogP contribution in [0.25, 0.3) is 33.1 Å². The molecule has 0 aliphatic rings. The number of ketones is 1. The maximum absolute atomic E-state index is 12.6. The molecule has 0 bridgehead atoms. The van der Waals surface area contributed by atoms with Gasteiger partial charge < -0.3 is 13.6 Å². The summed E-state index contributed by atoms with van der Waals surface area (Å²) in [5.74, 6) is 0.199. The number of ether oxygens (including phenoxy) is 1. The summed E-state index contributed by atoms with van der Waals surface area (Å²) in [7, 11) is 0. The molecule has 0 spiro atoms. The third-order valence-corrected chi connectivity index (χ3v) is 5.39. The topological polar surface area (TPSA) is 86.7 Å². The van der Waals surface area contributed by atoms with Crippen LogP contribution < -0.4 is 16.0 Å². The Kier molecular flexibility index (Phi) is 5.11. The molecule has 1 atom stereocenters. The lowest BCUT2D eigenvalue weighted by atomic mass is 10.0. The van der Waals surface area contributed by atoms with Crippen LogP contribution in [0.3, 0.4) is 0 Å². The number of benzene rings is 3. The van der Waals surface area contributed by atoms with E-state index in [1.54, 1.807) is 61.5 Å². The van der Waals surface area contributed by atoms with Gasteiger partial charge in [-0.05, 0) is 31.2 Å². The zero-order valence-corrected chi connectivity index (χ0v) is 17.6. The molecule has 0 aliphatic heterocycles. The molecule has 0 saturated heterocycles. The van der Waals surface area contributed by atoms with E-state index in [4.69, 9.17) is 13.6 Å². The van der Waals surface area contributed by atoms with E-state index in [2.05, 4.69) is 0 Å². The summed E-state index contributed by atoms with van der Waals surface area (Å²) in [5, 5.41) is 1.29. The minimum Gasteiger partial charge on any atom is -0.482 e. The Hall–Kier alpha value is -4.45. The highest BCUT2D eigenvalue weighted by Gasteiger charge is 2.18. The molecule has 0 amide bonds. The molecule has 0 aliphatic carbocycles. The molecule has 33 heavy (non-hydrogen) atoms. The van der Waals surface area contributed by atoms with Gasteiger partial charge in [0.05, 0.1) is 5.56 Å². The van der Waals surface area contributed by atoms with E-state index in [0.29, 0.717) is 27.8 Å². The van der Waals surface area contributed by atoms with Gasteiger partial charge in [-0.25, -0.2) is 9.59 Å². The fourth-order valence-electron chi connectivity index (χ4n) is 3.78. The van der Waals surface area contributed by atoms with Crippen LogP contribution in [0.1, 0.15) is 17.3 Å². The summed E-state index contributed by atoms with van der Waals surface area (Å²) < 4.78 is 16.6. The molecule has 6 nitrogen and oxygen atoms in total. The molecule has 0 saturated carbocycles. The third-order valence-electron chi connectivity index (χ3n) is 5.39. The molecule has 2 heterocycles. The van der Waals surface area contributed by atoms with E-state index < -0.39 is 17.4 Å². The quantitative estimate of drug-likeness (QED) is 0.276. The van der Waals surface area contributed by atoms with Crippen molar-refractivity contribution in [2.24, 2.45) is 0 Å². The maximum Gasteiger partial charge on any atom is 0.344 e. The molecule has 1 unspecified atom stereocenters. The highest BCUT2D eigenvalue weighted by atomic mass is 16.5. The first-order valence-electron chi connectivity index (χ1n) is 10.4.